The predicted molar refractivity (Wildman–Crippen MR) is 61.4 cm³/mol. The second kappa shape index (κ2) is 6.09. The average molecular weight is 278 g/mol. The van der Waals surface area contributed by atoms with E-state index >= 15 is 0 Å². The summed E-state index contributed by atoms with van der Waals surface area (Å²) in [7, 11) is 1.63. The quantitative estimate of drug-likeness (QED) is 0.442. The van der Waals surface area contributed by atoms with Crippen LogP contribution in [-0.2, 0) is 6.18 Å². The average Bonchev–Trinajstić information content (AvgIpc) is 2.32. The van der Waals surface area contributed by atoms with Crippen molar-refractivity contribution in [1.82, 2.24) is 20.7 Å². The van der Waals surface area contributed by atoms with Gasteiger partial charge in [0.2, 0.25) is 11.8 Å². The summed E-state index contributed by atoms with van der Waals surface area (Å²) in [5.74, 6) is 4.36. The van der Waals surface area contributed by atoms with Crippen LogP contribution in [0.25, 0.3) is 0 Å². The van der Waals surface area contributed by atoms with Gasteiger partial charge in [-0.1, -0.05) is 0 Å². The lowest BCUT2D eigenvalue weighted by molar-refractivity contribution is -0.141. The van der Waals surface area contributed by atoms with Crippen LogP contribution in [0.4, 0.5) is 19.1 Å². The van der Waals surface area contributed by atoms with E-state index in [1.807, 2.05) is 0 Å². The zero-order chi connectivity index (χ0) is 14.5. The smallest absolute Gasteiger partial charge is 0.433 e. The Morgan fingerprint density at radius 1 is 1.47 bits per heavy atom. The second-order valence-corrected chi connectivity index (χ2v) is 3.34. The molecule has 1 rings (SSSR count). The number of hydrazine groups is 1. The Labute approximate surface area is 106 Å². The molecule has 1 aromatic rings. The summed E-state index contributed by atoms with van der Waals surface area (Å²) < 4.78 is 42.5. The minimum atomic E-state index is -4.62. The van der Waals surface area contributed by atoms with Gasteiger partial charge in [0, 0.05) is 19.3 Å². The standard InChI is InChI=1S/C9H13F3N6O/c1-15-3-5(18-14)4-19-7-2-6(9(10,11)12)16-8(13)17-7/h2-3,15,18H,4,14H2,1H3,(H2,13,16,17)/b5-3-. The monoisotopic (exact) mass is 278 g/mol. The summed E-state index contributed by atoms with van der Waals surface area (Å²) >= 11 is 0. The van der Waals surface area contributed by atoms with E-state index in [-0.39, 0.29) is 12.5 Å². The van der Waals surface area contributed by atoms with E-state index in [0.29, 0.717) is 11.8 Å². The van der Waals surface area contributed by atoms with Gasteiger partial charge in [-0.2, -0.15) is 18.2 Å². The molecule has 0 unspecified atom stereocenters. The maximum Gasteiger partial charge on any atom is 0.433 e. The fourth-order valence-electron chi connectivity index (χ4n) is 1.11. The zero-order valence-electron chi connectivity index (χ0n) is 9.95. The van der Waals surface area contributed by atoms with Crippen LogP contribution in [0.1, 0.15) is 5.69 Å². The Kier molecular flexibility index (Phi) is 4.75. The Bertz CT molecular complexity index is 462. The van der Waals surface area contributed by atoms with Crippen molar-refractivity contribution in [3.63, 3.8) is 0 Å². The van der Waals surface area contributed by atoms with E-state index in [1.54, 1.807) is 7.05 Å². The molecule has 106 valence electrons. The molecule has 0 spiro atoms. The molecule has 19 heavy (non-hydrogen) atoms. The Morgan fingerprint density at radius 2 is 2.16 bits per heavy atom. The fourth-order valence-corrected chi connectivity index (χ4v) is 1.11. The van der Waals surface area contributed by atoms with Crippen molar-refractivity contribution in [2.24, 2.45) is 5.84 Å². The van der Waals surface area contributed by atoms with Gasteiger partial charge in [-0.05, 0) is 0 Å². The van der Waals surface area contributed by atoms with Crippen LogP contribution in [0, 0.1) is 0 Å². The Hall–Kier alpha value is -2.23. The first-order valence-electron chi connectivity index (χ1n) is 5.04. The number of nitrogens with two attached hydrogens (primary N) is 2. The molecule has 10 heteroatoms. The highest BCUT2D eigenvalue weighted by Gasteiger charge is 2.33. The van der Waals surface area contributed by atoms with Crippen LogP contribution in [-0.4, -0.2) is 23.6 Å². The van der Waals surface area contributed by atoms with Gasteiger partial charge in [-0.3, -0.25) is 5.84 Å². The number of aromatic nitrogens is 2. The van der Waals surface area contributed by atoms with Crippen molar-refractivity contribution >= 4 is 5.95 Å². The molecular formula is C9H13F3N6O. The second-order valence-electron chi connectivity index (χ2n) is 3.34. The van der Waals surface area contributed by atoms with Gasteiger partial charge in [-0.25, -0.2) is 4.98 Å². The largest absolute Gasteiger partial charge is 0.471 e. The number of ether oxygens (including phenoxy) is 1. The third-order valence-electron chi connectivity index (χ3n) is 1.89. The Balaban J connectivity index is 2.85. The van der Waals surface area contributed by atoms with Crippen molar-refractivity contribution in [3.05, 3.63) is 23.7 Å². The highest BCUT2D eigenvalue weighted by Crippen LogP contribution is 2.29. The number of nitrogens with one attached hydrogen (secondary N) is 2. The van der Waals surface area contributed by atoms with E-state index < -0.39 is 17.8 Å². The number of halogens is 3. The molecule has 0 atom stereocenters. The summed E-state index contributed by atoms with van der Waals surface area (Å²) in [6.07, 6.45) is -3.14. The highest BCUT2D eigenvalue weighted by atomic mass is 19.4. The first kappa shape index (κ1) is 14.8. The van der Waals surface area contributed by atoms with E-state index in [4.69, 9.17) is 16.3 Å². The van der Waals surface area contributed by atoms with Crippen molar-refractivity contribution in [2.75, 3.05) is 19.4 Å². The first-order valence-corrected chi connectivity index (χ1v) is 5.04. The Morgan fingerprint density at radius 3 is 2.68 bits per heavy atom. The number of rotatable bonds is 5. The van der Waals surface area contributed by atoms with Crippen molar-refractivity contribution in [3.8, 4) is 5.88 Å². The lowest BCUT2D eigenvalue weighted by Gasteiger charge is -2.11. The number of nitrogens with zero attached hydrogens (tertiary/aromatic N) is 2. The summed E-state index contributed by atoms with van der Waals surface area (Å²) in [5.41, 5.74) is 6.73. The third kappa shape index (κ3) is 4.50. The number of hydrogen-bond donors (Lipinski definition) is 4. The molecule has 0 aliphatic heterocycles. The van der Waals surface area contributed by atoms with Gasteiger partial charge in [0.05, 0.1) is 5.70 Å². The van der Waals surface area contributed by atoms with E-state index in [0.717, 1.165) is 0 Å². The van der Waals surface area contributed by atoms with Crippen LogP contribution in [0.3, 0.4) is 0 Å². The number of hydrogen-bond acceptors (Lipinski definition) is 7. The lowest BCUT2D eigenvalue weighted by atomic mass is 10.4. The topological polar surface area (TPSA) is 111 Å². The van der Waals surface area contributed by atoms with Gasteiger partial charge in [0.1, 0.15) is 6.61 Å². The summed E-state index contributed by atoms with van der Waals surface area (Å²) in [4.78, 5) is 6.63. The molecule has 0 radical (unpaired) electrons. The molecule has 0 fully saturated rings. The van der Waals surface area contributed by atoms with E-state index in [1.165, 1.54) is 6.20 Å². The molecule has 0 saturated heterocycles. The number of nitrogen functional groups attached to an aromatic ring is 1. The van der Waals surface area contributed by atoms with Crippen LogP contribution in [0.15, 0.2) is 18.0 Å². The molecule has 0 aliphatic carbocycles. The molecular weight excluding hydrogens is 265 g/mol. The van der Waals surface area contributed by atoms with Crippen molar-refractivity contribution in [1.29, 1.82) is 0 Å². The van der Waals surface area contributed by atoms with Crippen LogP contribution in [0.2, 0.25) is 0 Å². The number of anilines is 1. The number of alkyl halides is 3. The van der Waals surface area contributed by atoms with Crippen molar-refractivity contribution < 1.29 is 17.9 Å². The van der Waals surface area contributed by atoms with Crippen LogP contribution < -0.4 is 27.1 Å². The minimum Gasteiger partial charge on any atom is -0.471 e. The molecule has 1 heterocycles. The molecule has 0 saturated carbocycles. The molecule has 0 aliphatic rings. The predicted octanol–water partition coefficient (Wildman–Crippen LogP) is -0.0195. The maximum absolute atomic E-state index is 12.5. The molecule has 7 nitrogen and oxygen atoms in total. The van der Waals surface area contributed by atoms with Gasteiger partial charge < -0.3 is 21.2 Å². The summed E-state index contributed by atoms with van der Waals surface area (Å²) in [6.45, 7) is -0.106. The lowest BCUT2D eigenvalue weighted by Crippen LogP contribution is -2.27. The normalized spacial score (nSPS) is 12.2. The molecule has 1 aromatic heterocycles. The van der Waals surface area contributed by atoms with E-state index in [9.17, 15) is 13.2 Å². The maximum atomic E-state index is 12.5. The van der Waals surface area contributed by atoms with Crippen molar-refractivity contribution in [2.45, 2.75) is 6.18 Å². The van der Waals surface area contributed by atoms with Gasteiger partial charge in [0.25, 0.3) is 0 Å². The van der Waals surface area contributed by atoms with Gasteiger partial charge >= 0.3 is 6.18 Å². The minimum absolute atomic E-state index is 0.106. The molecule has 0 aromatic carbocycles. The van der Waals surface area contributed by atoms with Crippen LogP contribution in [0.5, 0.6) is 5.88 Å². The summed E-state index contributed by atoms with van der Waals surface area (Å²) in [5, 5.41) is 2.68. The first-order chi connectivity index (χ1) is 8.86. The molecule has 0 bridgehead atoms. The van der Waals surface area contributed by atoms with Crippen LogP contribution >= 0.6 is 0 Å². The third-order valence-corrected chi connectivity index (χ3v) is 1.89. The molecule has 0 amide bonds. The SMILES string of the molecule is CN/C=C(/COc1cc(C(F)(F)F)nc(N)n1)NN. The van der Waals surface area contributed by atoms with Gasteiger partial charge in [-0.15, -0.1) is 0 Å². The highest BCUT2D eigenvalue weighted by molar-refractivity contribution is 5.27. The summed E-state index contributed by atoms with van der Waals surface area (Å²) in [6, 6.07) is 0.657. The van der Waals surface area contributed by atoms with E-state index in [2.05, 4.69) is 20.7 Å². The zero-order valence-corrected chi connectivity index (χ0v) is 9.95. The van der Waals surface area contributed by atoms with Gasteiger partial charge in [0.15, 0.2) is 5.69 Å². The fraction of sp³-hybridized carbons (Fsp3) is 0.333. The molecule has 6 N–H and O–H groups in total.